The molecule has 142 valence electrons. The molecule has 0 atom stereocenters. The molecular formula is C20H18FN5OS. The summed E-state index contributed by atoms with van der Waals surface area (Å²) in [5.74, 6) is 0.164. The number of amides is 2. The zero-order chi connectivity index (χ0) is 19.5. The highest BCUT2D eigenvalue weighted by atomic mass is 32.1. The van der Waals surface area contributed by atoms with E-state index in [9.17, 15) is 9.18 Å². The Balaban J connectivity index is 1.39. The molecule has 4 rings (SSSR count). The predicted octanol–water partition coefficient (Wildman–Crippen LogP) is 4.27. The van der Waals surface area contributed by atoms with Crippen LogP contribution in [0.3, 0.4) is 0 Å². The van der Waals surface area contributed by atoms with Gasteiger partial charge in [-0.25, -0.2) is 13.7 Å². The third-order valence-electron chi connectivity index (χ3n) is 4.18. The van der Waals surface area contributed by atoms with E-state index >= 15 is 0 Å². The summed E-state index contributed by atoms with van der Waals surface area (Å²) >= 11 is 1.46. The number of hydrogen-bond acceptors (Lipinski definition) is 4. The maximum atomic E-state index is 13.4. The minimum absolute atomic E-state index is 0.254. The number of benzene rings is 2. The fourth-order valence-electron chi connectivity index (χ4n) is 2.85. The van der Waals surface area contributed by atoms with E-state index < -0.39 is 0 Å². The van der Waals surface area contributed by atoms with Crippen molar-refractivity contribution >= 4 is 28.0 Å². The fraction of sp³-hybridized carbons (Fsp3) is 0.150. The Bertz CT molecular complexity index is 1140. The number of nitrogens with one attached hydrogen (secondary N) is 2. The molecule has 2 amide bonds. The van der Waals surface area contributed by atoms with Crippen LogP contribution in [-0.2, 0) is 6.42 Å². The Kier molecular flexibility index (Phi) is 5.03. The molecule has 8 heteroatoms. The third kappa shape index (κ3) is 4.01. The van der Waals surface area contributed by atoms with Gasteiger partial charge in [0.25, 0.3) is 0 Å². The van der Waals surface area contributed by atoms with Crippen molar-refractivity contribution in [2.45, 2.75) is 13.3 Å². The number of hydrogen-bond donors (Lipinski definition) is 2. The van der Waals surface area contributed by atoms with E-state index in [1.54, 1.807) is 16.6 Å². The molecule has 0 fully saturated rings. The number of aryl methyl sites for hydroxylation is 1. The van der Waals surface area contributed by atoms with Crippen LogP contribution >= 0.6 is 11.3 Å². The molecule has 2 aromatic carbocycles. The molecule has 0 aliphatic carbocycles. The van der Waals surface area contributed by atoms with Gasteiger partial charge in [0.05, 0.1) is 5.69 Å². The lowest BCUT2D eigenvalue weighted by molar-refractivity contribution is 0.252. The minimum atomic E-state index is -0.320. The van der Waals surface area contributed by atoms with Gasteiger partial charge in [0.15, 0.2) is 5.82 Å². The van der Waals surface area contributed by atoms with Gasteiger partial charge in [-0.2, -0.15) is 4.98 Å². The average Bonchev–Trinajstić information content (AvgIpc) is 3.23. The highest BCUT2D eigenvalue weighted by molar-refractivity contribution is 7.15. The number of nitrogens with zero attached hydrogens (tertiary/aromatic N) is 3. The fourth-order valence-corrected chi connectivity index (χ4v) is 3.70. The van der Waals surface area contributed by atoms with Crippen molar-refractivity contribution in [3.63, 3.8) is 0 Å². The summed E-state index contributed by atoms with van der Waals surface area (Å²) < 4.78 is 15.2. The van der Waals surface area contributed by atoms with Crippen LogP contribution in [0.4, 0.5) is 14.9 Å². The van der Waals surface area contributed by atoms with Gasteiger partial charge in [0.1, 0.15) is 5.82 Å². The first-order valence-electron chi connectivity index (χ1n) is 8.79. The molecular weight excluding hydrogens is 377 g/mol. The summed E-state index contributed by atoms with van der Waals surface area (Å²) in [5.41, 5.74) is 3.41. The number of rotatable bonds is 5. The zero-order valence-corrected chi connectivity index (χ0v) is 16.0. The van der Waals surface area contributed by atoms with Crippen LogP contribution in [0.15, 0.2) is 53.9 Å². The molecule has 0 saturated carbocycles. The number of anilines is 1. The van der Waals surface area contributed by atoms with Crippen LogP contribution in [0.2, 0.25) is 0 Å². The lowest BCUT2D eigenvalue weighted by Gasteiger charge is -2.07. The van der Waals surface area contributed by atoms with Gasteiger partial charge in [-0.05, 0) is 36.8 Å². The van der Waals surface area contributed by atoms with E-state index in [0.29, 0.717) is 24.4 Å². The molecule has 4 aromatic rings. The molecule has 2 heterocycles. The Hall–Kier alpha value is -3.26. The summed E-state index contributed by atoms with van der Waals surface area (Å²) in [4.78, 5) is 17.2. The van der Waals surface area contributed by atoms with Crippen molar-refractivity contribution in [1.82, 2.24) is 19.9 Å². The van der Waals surface area contributed by atoms with E-state index in [0.717, 1.165) is 21.9 Å². The molecule has 6 nitrogen and oxygen atoms in total. The Labute approximate surface area is 165 Å². The van der Waals surface area contributed by atoms with Crippen LogP contribution < -0.4 is 10.6 Å². The van der Waals surface area contributed by atoms with Gasteiger partial charge in [-0.1, -0.05) is 24.3 Å². The topological polar surface area (TPSA) is 71.3 Å². The van der Waals surface area contributed by atoms with Gasteiger partial charge in [0.2, 0.25) is 4.96 Å². The quantitative estimate of drug-likeness (QED) is 0.530. The second-order valence-electron chi connectivity index (χ2n) is 6.37. The number of carbonyl (C=O) groups excluding carboxylic acids is 1. The van der Waals surface area contributed by atoms with E-state index in [4.69, 9.17) is 0 Å². The second-order valence-corrected chi connectivity index (χ2v) is 7.20. The average molecular weight is 395 g/mol. The van der Waals surface area contributed by atoms with E-state index in [1.165, 1.54) is 23.5 Å². The molecule has 0 aliphatic rings. The minimum Gasteiger partial charge on any atom is -0.337 e. The van der Waals surface area contributed by atoms with Crippen molar-refractivity contribution in [1.29, 1.82) is 0 Å². The van der Waals surface area contributed by atoms with Crippen molar-refractivity contribution in [3.8, 4) is 11.4 Å². The highest BCUT2D eigenvalue weighted by Gasteiger charge is 2.12. The maximum absolute atomic E-state index is 13.4. The van der Waals surface area contributed by atoms with Crippen LogP contribution in [0.25, 0.3) is 16.3 Å². The molecule has 0 radical (unpaired) electrons. The van der Waals surface area contributed by atoms with Gasteiger partial charge in [-0.3, -0.25) is 0 Å². The van der Waals surface area contributed by atoms with E-state index in [2.05, 4.69) is 20.7 Å². The van der Waals surface area contributed by atoms with Crippen molar-refractivity contribution < 1.29 is 9.18 Å². The monoisotopic (exact) mass is 395 g/mol. The summed E-state index contributed by atoms with van der Waals surface area (Å²) in [7, 11) is 0. The second kappa shape index (κ2) is 7.77. The summed E-state index contributed by atoms with van der Waals surface area (Å²) in [6.07, 6.45) is 0.604. The number of aromatic nitrogens is 3. The Morgan fingerprint density at radius 1 is 1.21 bits per heavy atom. The maximum Gasteiger partial charge on any atom is 0.319 e. The number of halogens is 1. The zero-order valence-electron chi connectivity index (χ0n) is 15.1. The van der Waals surface area contributed by atoms with Crippen molar-refractivity contribution in [2.75, 3.05) is 11.9 Å². The number of fused-ring (bicyclic) bond motifs is 1. The largest absolute Gasteiger partial charge is 0.337 e. The van der Waals surface area contributed by atoms with Gasteiger partial charge in [0, 0.05) is 29.6 Å². The normalized spacial score (nSPS) is 10.9. The standard InChI is InChI=1S/C20H18FN5OS/c1-13-4-2-7-16(10-13)23-19(27)22-9-8-17-12-28-20-24-18(25-26(17)20)14-5-3-6-15(21)11-14/h2-7,10-12H,8-9H2,1H3,(H2,22,23,27). The smallest absolute Gasteiger partial charge is 0.319 e. The molecule has 0 aliphatic heterocycles. The first-order chi connectivity index (χ1) is 13.6. The summed E-state index contributed by atoms with van der Waals surface area (Å²) in [5, 5.41) is 12.1. The molecule has 28 heavy (non-hydrogen) atoms. The molecule has 0 spiro atoms. The van der Waals surface area contributed by atoms with Crippen molar-refractivity contribution in [3.05, 3.63) is 71.0 Å². The number of thiazole rings is 1. The third-order valence-corrected chi connectivity index (χ3v) is 5.04. The molecule has 0 saturated heterocycles. The molecule has 0 bridgehead atoms. The number of urea groups is 1. The van der Waals surface area contributed by atoms with Crippen LogP contribution in [0.1, 0.15) is 11.3 Å². The predicted molar refractivity (Wildman–Crippen MR) is 108 cm³/mol. The van der Waals surface area contributed by atoms with Crippen LogP contribution in [-0.4, -0.2) is 27.2 Å². The summed E-state index contributed by atoms with van der Waals surface area (Å²) in [6.45, 7) is 2.43. The van der Waals surface area contributed by atoms with Gasteiger partial charge >= 0.3 is 6.03 Å². The SMILES string of the molecule is Cc1cccc(NC(=O)NCCc2csc3nc(-c4cccc(F)c4)nn23)c1. The lowest BCUT2D eigenvalue weighted by Crippen LogP contribution is -2.30. The molecule has 2 aromatic heterocycles. The highest BCUT2D eigenvalue weighted by Crippen LogP contribution is 2.21. The Morgan fingerprint density at radius 3 is 2.89 bits per heavy atom. The first-order valence-corrected chi connectivity index (χ1v) is 9.67. The van der Waals surface area contributed by atoms with Gasteiger partial charge in [-0.15, -0.1) is 16.4 Å². The number of carbonyl (C=O) groups is 1. The van der Waals surface area contributed by atoms with E-state index in [1.807, 2.05) is 36.6 Å². The van der Waals surface area contributed by atoms with Crippen LogP contribution in [0.5, 0.6) is 0 Å². The van der Waals surface area contributed by atoms with Gasteiger partial charge < -0.3 is 10.6 Å². The first kappa shape index (κ1) is 18.1. The van der Waals surface area contributed by atoms with Crippen LogP contribution in [0, 0.1) is 12.7 Å². The molecule has 0 unspecified atom stereocenters. The van der Waals surface area contributed by atoms with Crippen molar-refractivity contribution in [2.24, 2.45) is 0 Å². The summed E-state index contributed by atoms with van der Waals surface area (Å²) in [6, 6.07) is 13.6. The Morgan fingerprint density at radius 2 is 2.07 bits per heavy atom. The molecule has 2 N–H and O–H groups in total. The van der Waals surface area contributed by atoms with E-state index in [-0.39, 0.29) is 11.8 Å². The lowest BCUT2D eigenvalue weighted by atomic mass is 10.2.